The third-order valence-corrected chi connectivity index (χ3v) is 1.30. The van der Waals surface area contributed by atoms with Crippen molar-refractivity contribution in [2.45, 2.75) is 0 Å². The summed E-state index contributed by atoms with van der Waals surface area (Å²) in [4.78, 5) is 10.1. The molecule has 9 heavy (non-hydrogen) atoms. The lowest BCUT2D eigenvalue weighted by Crippen LogP contribution is -1.84. The minimum Gasteiger partial charge on any atom is -0.295 e. The zero-order valence-electron chi connectivity index (χ0n) is 4.60. The largest absolute Gasteiger partial charge is 0.295 e. The average molecular weight is 140 g/mol. The van der Waals surface area contributed by atoms with Gasteiger partial charge in [-0.3, -0.25) is 4.79 Å². The second kappa shape index (κ2) is 2.58. The summed E-state index contributed by atoms with van der Waals surface area (Å²) in [6, 6.07) is 0. The number of rotatable bonds is 1. The Kier molecular flexibility index (Phi) is 1.78. The summed E-state index contributed by atoms with van der Waals surface area (Å²) in [5.41, 5.74) is 0.510. The maximum absolute atomic E-state index is 10.1. The maximum Gasteiger partial charge on any atom is 0.178 e. The first kappa shape index (κ1) is 6.21. The van der Waals surface area contributed by atoms with Crippen molar-refractivity contribution in [3.05, 3.63) is 34.9 Å². The Morgan fingerprint density at radius 3 is 2.89 bits per heavy atom. The van der Waals surface area contributed by atoms with Gasteiger partial charge in [-0.25, -0.2) is 0 Å². The lowest BCUT2D eigenvalue weighted by Gasteiger charge is -1.84. The monoisotopic (exact) mass is 139 g/mol. The lowest BCUT2D eigenvalue weighted by atomic mass is 10.2. The molecule has 0 atom stereocenters. The third-order valence-electron chi connectivity index (χ3n) is 0.972. The molecule has 0 spiro atoms. The molecule has 1 rings (SSSR count). The number of carbonyl (C=O) groups is 1. The van der Waals surface area contributed by atoms with Gasteiger partial charge in [-0.15, -0.1) is 0 Å². The van der Waals surface area contributed by atoms with E-state index < -0.39 is 0 Å². The molecule has 0 radical (unpaired) electrons. The van der Waals surface area contributed by atoms with Gasteiger partial charge in [0.05, 0.1) is 6.08 Å². The zero-order valence-corrected chi connectivity index (χ0v) is 5.35. The average Bonchev–Trinajstić information content (AvgIpc) is 1.89. The van der Waals surface area contributed by atoms with Crippen molar-refractivity contribution in [3.8, 4) is 0 Å². The van der Waals surface area contributed by atoms with Gasteiger partial charge < -0.3 is 0 Å². The summed E-state index contributed by atoms with van der Waals surface area (Å²) in [5.74, 6) is 0. The number of aldehydes is 1. The Hall–Kier alpha value is -0.910. The number of hydrogen-bond acceptors (Lipinski definition) is 1. The van der Waals surface area contributed by atoms with Crippen LogP contribution in [0.5, 0.6) is 0 Å². The fourth-order valence-electron chi connectivity index (χ4n) is 0.518. The highest BCUT2D eigenvalue weighted by atomic mass is 35.5. The minimum absolute atomic E-state index is 0.451. The van der Waals surface area contributed by atoms with E-state index in [1.54, 1.807) is 18.2 Å². The standard InChI is InChI=1S/C7H4ClO/c8-7-4-2-1-3-6(7)5-9/h1,3-5H/q+1. The van der Waals surface area contributed by atoms with E-state index in [1.807, 2.05) is 0 Å². The first-order chi connectivity index (χ1) is 4.34. The number of carbonyl (C=O) groups excluding carboxylic acids is 1. The molecule has 0 aromatic carbocycles. The van der Waals surface area contributed by atoms with Crippen LogP contribution in [0.3, 0.4) is 0 Å². The molecule has 0 aromatic rings. The van der Waals surface area contributed by atoms with E-state index in [9.17, 15) is 4.79 Å². The highest BCUT2D eigenvalue weighted by Gasteiger charge is 2.08. The van der Waals surface area contributed by atoms with Crippen LogP contribution >= 0.6 is 11.6 Å². The second-order valence-electron chi connectivity index (χ2n) is 1.57. The van der Waals surface area contributed by atoms with Crippen LogP contribution in [-0.2, 0) is 4.79 Å². The van der Waals surface area contributed by atoms with E-state index in [4.69, 9.17) is 11.6 Å². The molecule has 0 amide bonds. The molecule has 0 N–H and O–H groups in total. The predicted molar refractivity (Wildman–Crippen MR) is 35.9 cm³/mol. The Morgan fingerprint density at radius 2 is 2.44 bits per heavy atom. The van der Waals surface area contributed by atoms with E-state index in [0.717, 1.165) is 6.29 Å². The van der Waals surface area contributed by atoms with Crippen LogP contribution in [0, 0.1) is 6.08 Å². The van der Waals surface area contributed by atoms with Gasteiger partial charge in [0.25, 0.3) is 0 Å². The molecule has 0 aliphatic heterocycles. The summed E-state index contributed by atoms with van der Waals surface area (Å²) in [6.07, 6.45) is 8.29. The topological polar surface area (TPSA) is 17.1 Å². The van der Waals surface area contributed by atoms with Gasteiger partial charge in [-0.1, -0.05) is 0 Å². The SMILES string of the molecule is O=CC1=C(Cl)C=[C+]C=C1. The fraction of sp³-hybridized carbons (Fsp3) is 0. The van der Waals surface area contributed by atoms with Gasteiger partial charge in [0, 0.05) is 17.7 Å². The van der Waals surface area contributed by atoms with Gasteiger partial charge in [0.15, 0.2) is 11.3 Å². The summed E-state index contributed by atoms with van der Waals surface area (Å²) in [7, 11) is 0. The summed E-state index contributed by atoms with van der Waals surface area (Å²) >= 11 is 5.56. The molecule has 2 heteroatoms. The van der Waals surface area contributed by atoms with E-state index in [2.05, 4.69) is 6.08 Å². The van der Waals surface area contributed by atoms with Crippen molar-refractivity contribution < 1.29 is 4.79 Å². The van der Waals surface area contributed by atoms with Crippen molar-refractivity contribution in [2.75, 3.05) is 0 Å². The van der Waals surface area contributed by atoms with Crippen LogP contribution < -0.4 is 0 Å². The molecule has 1 aliphatic rings. The molecule has 1 aliphatic carbocycles. The number of allylic oxidation sites excluding steroid dienone is 6. The van der Waals surface area contributed by atoms with Crippen LogP contribution in [0.25, 0.3) is 0 Å². The van der Waals surface area contributed by atoms with Gasteiger partial charge in [-0.2, -0.15) is 0 Å². The predicted octanol–water partition coefficient (Wildman–Crippen LogP) is 1.61. The normalized spacial score (nSPS) is 15.7. The molecular weight excluding hydrogens is 136 g/mol. The van der Waals surface area contributed by atoms with Crippen molar-refractivity contribution in [2.24, 2.45) is 0 Å². The van der Waals surface area contributed by atoms with Crippen molar-refractivity contribution in [3.63, 3.8) is 0 Å². The van der Waals surface area contributed by atoms with Crippen LogP contribution in [0.4, 0.5) is 0 Å². The third kappa shape index (κ3) is 1.26. The molecule has 44 valence electrons. The van der Waals surface area contributed by atoms with Crippen LogP contribution in [-0.4, -0.2) is 6.29 Å². The Bertz CT molecular complexity index is 211. The van der Waals surface area contributed by atoms with Crippen molar-refractivity contribution in [1.82, 2.24) is 0 Å². The first-order valence-corrected chi connectivity index (χ1v) is 2.83. The van der Waals surface area contributed by atoms with Gasteiger partial charge >= 0.3 is 0 Å². The van der Waals surface area contributed by atoms with Crippen molar-refractivity contribution >= 4 is 17.9 Å². The Balaban J connectivity index is 3.01. The molecule has 0 unspecified atom stereocenters. The smallest absolute Gasteiger partial charge is 0.178 e. The summed E-state index contributed by atoms with van der Waals surface area (Å²) in [6.45, 7) is 0. The molecule has 1 nitrogen and oxygen atoms in total. The summed E-state index contributed by atoms with van der Waals surface area (Å²) < 4.78 is 0. The lowest BCUT2D eigenvalue weighted by molar-refractivity contribution is -0.104. The summed E-state index contributed by atoms with van der Waals surface area (Å²) in [5, 5.41) is 0.451. The molecule has 0 fully saturated rings. The van der Waals surface area contributed by atoms with Crippen molar-refractivity contribution in [1.29, 1.82) is 0 Å². The first-order valence-electron chi connectivity index (χ1n) is 2.45. The zero-order chi connectivity index (χ0) is 6.69. The van der Waals surface area contributed by atoms with E-state index in [1.165, 1.54) is 0 Å². The molecule has 0 saturated heterocycles. The van der Waals surface area contributed by atoms with Crippen LogP contribution in [0.2, 0.25) is 0 Å². The highest BCUT2D eigenvalue weighted by Crippen LogP contribution is 2.13. The highest BCUT2D eigenvalue weighted by molar-refractivity contribution is 6.33. The van der Waals surface area contributed by atoms with Crippen LogP contribution in [0.1, 0.15) is 0 Å². The molecule has 0 bridgehead atoms. The van der Waals surface area contributed by atoms with Crippen LogP contribution in [0.15, 0.2) is 28.8 Å². The number of hydrogen-bond donors (Lipinski definition) is 0. The van der Waals surface area contributed by atoms with E-state index in [0.29, 0.717) is 10.6 Å². The van der Waals surface area contributed by atoms with E-state index in [-0.39, 0.29) is 0 Å². The van der Waals surface area contributed by atoms with Gasteiger partial charge in [-0.05, 0) is 0 Å². The minimum atomic E-state index is 0.451. The molecular formula is C7H4ClO+. The molecule has 0 aromatic heterocycles. The Morgan fingerprint density at radius 1 is 1.67 bits per heavy atom. The quantitative estimate of drug-likeness (QED) is 0.399. The van der Waals surface area contributed by atoms with E-state index >= 15 is 0 Å². The second-order valence-corrected chi connectivity index (χ2v) is 1.97. The fourth-order valence-corrected chi connectivity index (χ4v) is 0.688. The number of halogens is 1. The van der Waals surface area contributed by atoms with Gasteiger partial charge in [0.1, 0.15) is 17.7 Å². The maximum atomic E-state index is 10.1. The molecule has 0 saturated carbocycles. The van der Waals surface area contributed by atoms with Gasteiger partial charge in [0.2, 0.25) is 0 Å². The molecule has 0 heterocycles. The Labute approximate surface area is 58.3 Å².